The summed E-state index contributed by atoms with van der Waals surface area (Å²) in [7, 11) is 1.55. The van der Waals surface area contributed by atoms with Crippen LogP contribution in [0, 0.1) is 17.1 Å². The summed E-state index contributed by atoms with van der Waals surface area (Å²) in [6, 6.07) is 11.7. The summed E-state index contributed by atoms with van der Waals surface area (Å²) < 4.78 is 18.5. The SMILES string of the molecule is COc1ccc(CNc2cccc(F)c2C#N)cc1N. The number of nitrogens with zero attached hydrogens (tertiary/aromatic N) is 1. The van der Waals surface area contributed by atoms with Crippen molar-refractivity contribution in [1.82, 2.24) is 0 Å². The zero-order valence-electron chi connectivity index (χ0n) is 11.0. The van der Waals surface area contributed by atoms with Crippen LogP contribution in [-0.4, -0.2) is 7.11 Å². The van der Waals surface area contributed by atoms with Gasteiger partial charge < -0.3 is 15.8 Å². The first kappa shape index (κ1) is 13.7. The Morgan fingerprint density at radius 2 is 2.15 bits per heavy atom. The lowest BCUT2D eigenvalue weighted by Gasteiger charge is -2.10. The monoisotopic (exact) mass is 271 g/mol. The average molecular weight is 271 g/mol. The fraction of sp³-hybridized carbons (Fsp3) is 0.133. The minimum atomic E-state index is -0.535. The predicted octanol–water partition coefficient (Wildman–Crippen LogP) is 2.90. The van der Waals surface area contributed by atoms with E-state index < -0.39 is 5.82 Å². The highest BCUT2D eigenvalue weighted by molar-refractivity contribution is 5.59. The molecule has 0 bridgehead atoms. The topological polar surface area (TPSA) is 71.1 Å². The van der Waals surface area contributed by atoms with Gasteiger partial charge in [0, 0.05) is 6.54 Å². The van der Waals surface area contributed by atoms with Crippen molar-refractivity contribution >= 4 is 11.4 Å². The highest BCUT2D eigenvalue weighted by Crippen LogP contribution is 2.23. The second-order valence-electron chi connectivity index (χ2n) is 4.20. The van der Waals surface area contributed by atoms with Crippen LogP contribution in [0.4, 0.5) is 15.8 Å². The number of hydrogen-bond donors (Lipinski definition) is 2. The maximum atomic E-state index is 13.4. The molecule has 3 N–H and O–H groups in total. The molecule has 0 heterocycles. The summed E-state index contributed by atoms with van der Waals surface area (Å²) in [4.78, 5) is 0. The molecule has 0 spiro atoms. The van der Waals surface area contributed by atoms with Crippen molar-refractivity contribution in [2.45, 2.75) is 6.54 Å². The van der Waals surface area contributed by atoms with E-state index in [9.17, 15) is 4.39 Å². The Morgan fingerprint density at radius 3 is 2.80 bits per heavy atom. The third-order valence-corrected chi connectivity index (χ3v) is 2.90. The highest BCUT2D eigenvalue weighted by Gasteiger charge is 2.07. The number of benzene rings is 2. The molecule has 0 saturated heterocycles. The van der Waals surface area contributed by atoms with Crippen LogP contribution < -0.4 is 15.8 Å². The van der Waals surface area contributed by atoms with E-state index in [4.69, 9.17) is 15.7 Å². The first-order chi connectivity index (χ1) is 9.65. The molecule has 4 nitrogen and oxygen atoms in total. The molecule has 102 valence electrons. The summed E-state index contributed by atoms with van der Waals surface area (Å²) in [5.41, 5.74) is 7.73. The summed E-state index contributed by atoms with van der Waals surface area (Å²) >= 11 is 0. The maximum absolute atomic E-state index is 13.4. The zero-order chi connectivity index (χ0) is 14.5. The van der Waals surface area contributed by atoms with Crippen LogP contribution in [0.15, 0.2) is 36.4 Å². The standard InChI is InChI=1S/C15H14FN3O/c1-20-15-6-5-10(7-13(15)18)9-19-14-4-2-3-12(16)11(14)8-17/h2-7,19H,9,18H2,1H3. The number of halogens is 1. The van der Waals surface area contributed by atoms with Gasteiger partial charge in [0.05, 0.1) is 18.5 Å². The van der Waals surface area contributed by atoms with Gasteiger partial charge in [-0.15, -0.1) is 0 Å². The van der Waals surface area contributed by atoms with E-state index in [2.05, 4.69) is 5.32 Å². The molecule has 0 aliphatic heterocycles. The molecule has 0 atom stereocenters. The summed E-state index contributed by atoms with van der Waals surface area (Å²) in [5.74, 6) is 0.0731. The number of anilines is 2. The molecule has 0 aliphatic carbocycles. The van der Waals surface area contributed by atoms with E-state index >= 15 is 0 Å². The van der Waals surface area contributed by atoms with Gasteiger partial charge in [-0.2, -0.15) is 5.26 Å². The molecule has 5 heteroatoms. The van der Waals surface area contributed by atoms with Crippen LogP contribution in [-0.2, 0) is 6.54 Å². The molecule has 0 amide bonds. The van der Waals surface area contributed by atoms with Gasteiger partial charge in [-0.1, -0.05) is 12.1 Å². The van der Waals surface area contributed by atoms with Gasteiger partial charge in [0.2, 0.25) is 0 Å². The van der Waals surface area contributed by atoms with E-state index in [-0.39, 0.29) is 5.56 Å². The van der Waals surface area contributed by atoms with Gasteiger partial charge in [0.25, 0.3) is 0 Å². The van der Waals surface area contributed by atoms with Crippen LogP contribution >= 0.6 is 0 Å². The van der Waals surface area contributed by atoms with Crippen LogP contribution in [0.3, 0.4) is 0 Å². The van der Waals surface area contributed by atoms with Gasteiger partial charge in [-0.3, -0.25) is 0 Å². The Labute approximate surface area is 116 Å². The molecule has 2 aromatic carbocycles. The molecule has 0 aliphatic rings. The summed E-state index contributed by atoms with van der Waals surface area (Å²) in [5, 5.41) is 12.0. The van der Waals surface area contributed by atoms with Gasteiger partial charge >= 0.3 is 0 Å². The van der Waals surface area contributed by atoms with Crippen LogP contribution in [0.2, 0.25) is 0 Å². The molecule has 0 radical (unpaired) electrons. The fourth-order valence-corrected chi connectivity index (χ4v) is 1.88. The molecule has 0 saturated carbocycles. The summed E-state index contributed by atoms with van der Waals surface area (Å²) in [6.45, 7) is 0.437. The second kappa shape index (κ2) is 5.93. The van der Waals surface area contributed by atoms with Gasteiger partial charge in [-0.05, 0) is 29.8 Å². The van der Waals surface area contributed by atoms with Crippen molar-refractivity contribution in [3.05, 3.63) is 53.3 Å². The van der Waals surface area contributed by atoms with Crippen molar-refractivity contribution in [1.29, 1.82) is 5.26 Å². The lowest BCUT2D eigenvalue weighted by atomic mass is 10.1. The fourth-order valence-electron chi connectivity index (χ4n) is 1.88. The normalized spacial score (nSPS) is 9.85. The molecule has 2 rings (SSSR count). The highest BCUT2D eigenvalue weighted by atomic mass is 19.1. The molecule has 0 unspecified atom stereocenters. The Hall–Kier alpha value is -2.74. The van der Waals surface area contributed by atoms with Gasteiger partial charge in [0.1, 0.15) is 23.2 Å². The Bertz CT molecular complexity index is 665. The van der Waals surface area contributed by atoms with Gasteiger partial charge in [-0.25, -0.2) is 4.39 Å². The molecule has 0 fully saturated rings. The first-order valence-corrected chi connectivity index (χ1v) is 6.00. The lowest BCUT2D eigenvalue weighted by Crippen LogP contribution is -2.03. The minimum Gasteiger partial charge on any atom is -0.495 e. The van der Waals surface area contributed by atoms with Crippen molar-refractivity contribution < 1.29 is 9.13 Å². The molecule has 0 aromatic heterocycles. The largest absolute Gasteiger partial charge is 0.495 e. The predicted molar refractivity (Wildman–Crippen MR) is 75.8 cm³/mol. The second-order valence-corrected chi connectivity index (χ2v) is 4.20. The van der Waals surface area contributed by atoms with Crippen LogP contribution in [0.25, 0.3) is 0 Å². The number of rotatable bonds is 4. The van der Waals surface area contributed by atoms with Crippen molar-refractivity contribution in [3.8, 4) is 11.8 Å². The molecule has 2 aromatic rings. The van der Waals surface area contributed by atoms with E-state index in [1.807, 2.05) is 12.1 Å². The van der Waals surface area contributed by atoms with Crippen molar-refractivity contribution in [2.75, 3.05) is 18.2 Å². The number of methoxy groups -OCH3 is 1. The Morgan fingerprint density at radius 1 is 1.35 bits per heavy atom. The summed E-state index contributed by atoms with van der Waals surface area (Å²) in [6.07, 6.45) is 0. The van der Waals surface area contributed by atoms with E-state index in [1.54, 1.807) is 31.4 Å². The quantitative estimate of drug-likeness (QED) is 0.839. The van der Waals surface area contributed by atoms with E-state index in [0.29, 0.717) is 23.7 Å². The number of nitrogens with one attached hydrogen (secondary N) is 1. The van der Waals surface area contributed by atoms with Crippen molar-refractivity contribution in [2.24, 2.45) is 0 Å². The number of ether oxygens (including phenoxy) is 1. The number of hydrogen-bond acceptors (Lipinski definition) is 4. The van der Waals surface area contributed by atoms with E-state index in [1.165, 1.54) is 6.07 Å². The van der Waals surface area contributed by atoms with E-state index in [0.717, 1.165) is 5.56 Å². The molecular weight excluding hydrogens is 257 g/mol. The Balaban J connectivity index is 2.15. The molecule has 20 heavy (non-hydrogen) atoms. The average Bonchev–Trinajstić information content (AvgIpc) is 2.45. The first-order valence-electron chi connectivity index (χ1n) is 6.00. The molecular formula is C15H14FN3O. The van der Waals surface area contributed by atoms with Crippen LogP contribution in [0.5, 0.6) is 5.75 Å². The third-order valence-electron chi connectivity index (χ3n) is 2.90. The lowest BCUT2D eigenvalue weighted by molar-refractivity contribution is 0.417. The van der Waals surface area contributed by atoms with Crippen LogP contribution in [0.1, 0.15) is 11.1 Å². The third kappa shape index (κ3) is 2.81. The maximum Gasteiger partial charge on any atom is 0.143 e. The number of nitriles is 1. The van der Waals surface area contributed by atoms with Crippen molar-refractivity contribution in [3.63, 3.8) is 0 Å². The van der Waals surface area contributed by atoms with Gasteiger partial charge in [0.15, 0.2) is 0 Å². The smallest absolute Gasteiger partial charge is 0.143 e. The zero-order valence-corrected chi connectivity index (χ0v) is 11.0. The minimum absolute atomic E-state index is 0.00832. The number of nitrogens with two attached hydrogens (primary N) is 1. The number of nitrogen functional groups attached to an aromatic ring is 1. The Kier molecular flexibility index (Phi) is 4.06.